The van der Waals surface area contributed by atoms with Crippen LogP contribution in [0.4, 0.5) is 0 Å². The number of rotatable bonds is 5. The van der Waals surface area contributed by atoms with Crippen LogP contribution in [0.5, 0.6) is 0 Å². The summed E-state index contributed by atoms with van der Waals surface area (Å²) in [5, 5.41) is 9.99. The van der Waals surface area contributed by atoms with Gasteiger partial charge in [-0.25, -0.2) is 4.98 Å². The van der Waals surface area contributed by atoms with E-state index < -0.39 is 0 Å². The summed E-state index contributed by atoms with van der Waals surface area (Å²) in [6, 6.07) is 11.4. The fraction of sp³-hybridized carbons (Fsp3) is 0.222. The van der Waals surface area contributed by atoms with Gasteiger partial charge in [-0.05, 0) is 31.5 Å². The smallest absolute Gasteiger partial charge is 0.224 e. The number of amides is 1. The molecule has 122 valence electrons. The van der Waals surface area contributed by atoms with Crippen LogP contribution in [0.2, 0.25) is 0 Å². The second kappa shape index (κ2) is 7.04. The fourth-order valence-corrected chi connectivity index (χ4v) is 2.34. The summed E-state index contributed by atoms with van der Waals surface area (Å²) in [7, 11) is 0. The highest BCUT2D eigenvalue weighted by Crippen LogP contribution is 2.15. The van der Waals surface area contributed by atoms with Crippen LogP contribution in [0.1, 0.15) is 29.9 Å². The van der Waals surface area contributed by atoms with Gasteiger partial charge in [-0.2, -0.15) is 5.10 Å². The van der Waals surface area contributed by atoms with E-state index in [2.05, 4.69) is 25.5 Å². The Morgan fingerprint density at radius 2 is 2.04 bits per heavy atom. The van der Waals surface area contributed by atoms with Crippen LogP contribution >= 0.6 is 0 Å². The first-order valence-corrected chi connectivity index (χ1v) is 7.79. The van der Waals surface area contributed by atoms with Crippen LogP contribution in [-0.2, 0) is 11.2 Å². The van der Waals surface area contributed by atoms with E-state index in [0.29, 0.717) is 18.1 Å². The second-order valence-corrected chi connectivity index (χ2v) is 5.74. The molecular formula is C18H19N5O. The van der Waals surface area contributed by atoms with E-state index in [1.807, 2.05) is 50.2 Å². The summed E-state index contributed by atoms with van der Waals surface area (Å²) >= 11 is 0. The SMILES string of the molecule is Cc1ccc(CC(=O)NC(C)c2nc(-c3cccnc3)n[nH]2)cc1. The van der Waals surface area contributed by atoms with E-state index in [-0.39, 0.29) is 11.9 Å². The van der Waals surface area contributed by atoms with Crippen molar-refractivity contribution in [2.45, 2.75) is 26.3 Å². The lowest BCUT2D eigenvalue weighted by atomic mass is 10.1. The third-order valence-electron chi connectivity index (χ3n) is 3.70. The van der Waals surface area contributed by atoms with E-state index in [0.717, 1.165) is 11.1 Å². The number of aryl methyl sites for hydroxylation is 1. The topological polar surface area (TPSA) is 83.6 Å². The molecule has 2 heterocycles. The van der Waals surface area contributed by atoms with Crippen molar-refractivity contribution in [1.29, 1.82) is 0 Å². The summed E-state index contributed by atoms with van der Waals surface area (Å²) < 4.78 is 0. The number of carbonyl (C=O) groups excluding carboxylic acids is 1. The van der Waals surface area contributed by atoms with Crippen molar-refractivity contribution in [3.63, 3.8) is 0 Å². The Morgan fingerprint density at radius 3 is 2.75 bits per heavy atom. The van der Waals surface area contributed by atoms with Crippen LogP contribution in [0.3, 0.4) is 0 Å². The van der Waals surface area contributed by atoms with Crippen LogP contribution in [0.15, 0.2) is 48.8 Å². The molecule has 0 aliphatic rings. The lowest BCUT2D eigenvalue weighted by molar-refractivity contribution is -0.121. The minimum Gasteiger partial charge on any atom is -0.346 e. The van der Waals surface area contributed by atoms with Crippen molar-refractivity contribution >= 4 is 5.91 Å². The Balaban J connectivity index is 1.62. The molecule has 0 saturated carbocycles. The molecule has 1 aromatic carbocycles. The molecule has 2 aromatic heterocycles. The number of nitrogens with zero attached hydrogens (tertiary/aromatic N) is 3. The van der Waals surface area contributed by atoms with Gasteiger partial charge in [0.1, 0.15) is 5.82 Å². The number of aromatic nitrogens is 4. The van der Waals surface area contributed by atoms with Crippen LogP contribution in [-0.4, -0.2) is 26.1 Å². The van der Waals surface area contributed by atoms with Gasteiger partial charge in [0.2, 0.25) is 5.91 Å². The van der Waals surface area contributed by atoms with Crippen LogP contribution in [0.25, 0.3) is 11.4 Å². The van der Waals surface area contributed by atoms with Gasteiger partial charge in [-0.3, -0.25) is 14.9 Å². The Hall–Kier alpha value is -3.02. The molecule has 0 saturated heterocycles. The normalized spacial score (nSPS) is 11.9. The molecule has 0 spiro atoms. The van der Waals surface area contributed by atoms with Crippen molar-refractivity contribution < 1.29 is 4.79 Å². The Bertz CT molecular complexity index is 811. The van der Waals surface area contributed by atoms with Crippen LogP contribution in [0, 0.1) is 6.92 Å². The number of benzene rings is 1. The van der Waals surface area contributed by atoms with Crippen molar-refractivity contribution in [3.05, 3.63) is 65.7 Å². The van der Waals surface area contributed by atoms with E-state index in [1.165, 1.54) is 5.56 Å². The highest BCUT2D eigenvalue weighted by molar-refractivity contribution is 5.78. The van der Waals surface area contributed by atoms with Crippen LogP contribution < -0.4 is 5.32 Å². The second-order valence-electron chi connectivity index (χ2n) is 5.74. The molecule has 0 bridgehead atoms. The third kappa shape index (κ3) is 3.84. The molecule has 1 atom stereocenters. The number of H-pyrrole nitrogens is 1. The maximum Gasteiger partial charge on any atom is 0.224 e. The molecule has 2 N–H and O–H groups in total. The summed E-state index contributed by atoms with van der Waals surface area (Å²) in [6.07, 6.45) is 3.74. The minimum atomic E-state index is -0.249. The lowest BCUT2D eigenvalue weighted by Crippen LogP contribution is -2.28. The molecular weight excluding hydrogens is 302 g/mol. The van der Waals surface area contributed by atoms with Gasteiger partial charge in [-0.15, -0.1) is 0 Å². The lowest BCUT2D eigenvalue weighted by Gasteiger charge is -2.11. The van der Waals surface area contributed by atoms with E-state index >= 15 is 0 Å². The summed E-state index contributed by atoms with van der Waals surface area (Å²) in [6.45, 7) is 3.90. The largest absolute Gasteiger partial charge is 0.346 e. The van der Waals surface area contributed by atoms with Gasteiger partial charge < -0.3 is 5.32 Å². The predicted molar refractivity (Wildman–Crippen MR) is 91.1 cm³/mol. The zero-order valence-electron chi connectivity index (χ0n) is 13.7. The van der Waals surface area contributed by atoms with Gasteiger partial charge in [0, 0.05) is 18.0 Å². The number of pyridine rings is 1. The Labute approximate surface area is 140 Å². The van der Waals surface area contributed by atoms with Gasteiger partial charge >= 0.3 is 0 Å². The number of hydrogen-bond donors (Lipinski definition) is 2. The standard InChI is InChI=1S/C18H19N5O/c1-12-5-7-14(8-6-12)10-16(24)20-13(2)17-21-18(23-22-17)15-4-3-9-19-11-15/h3-9,11,13H,10H2,1-2H3,(H,20,24)(H,21,22,23). The van der Waals surface area contributed by atoms with Crippen molar-refractivity contribution in [2.24, 2.45) is 0 Å². The first-order valence-electron chi connectivity index (χ1n) is 7.79. The van der Waals surface area contributed by atoms with Crippen molar-refractivity contribution in [1.82, 2.24) is 25.5 Å². The van der Waals surface area contributed by atoms with E-state index in [4.69, 9.17) is 0 Å². The predicted octanol–water partition coefficient (Wildman–Crippen LogP) is 2.60. The molecule has 1 unspecified atom stereocenters. The molecule has 3 rings (SSSR count). The third-order valence-corrected chi connectivity index (χ3v) is 3.70. The Morgan fingerprint density at radius 1 is 1.25 bits per heavy atom. The molecule has 1 amide bonds. The molecule has 0 aliphatic heterocycles. The molecule has 6 heteroatoms. The van der Waals surface area contributed by atoms with E-state index in [1.54, 1.807) is 12.4 Å². The average molecular weight is 321 g/mol. The first kappa shape index (κ1) is 15.9. The maximum absolute atomic E-state index is 12.2. The summed E-state index contributed by atoms with van der Waals surface area (Å²) in [5.41, 5.74) is 2.99. The molecule has 24 heavy (non-hydrogen) atoms. The quantitative estimate of drug-likeness (QED) is 0.756. The molecule has 6 nitrogen and oxygen atoms in total. The number of nitrogens with one attached hydrogen (secondary N) is 2. The van der Waals surface area contributed by atoms with Gasteiger partial charge in [0.25, 0.3) is 0 Å². The first-order chi connectivity index (χ1) is 11.6. The number of aromatic amines is 1. The highest BCUT2D eigenvalue weighted by atomic mass is 16.1. The Kier molecular flexibility index (Phi) is 4.65. The fourth-order valence-electron chi connectivity index (χ4n) is 2.34. The molecule has 0 fully saturated rings. The summed E-state index contributed by atoms with van der Waals surface area (Å²) in [4.78, 5) is 20.7. The molecule has 3 aromatic rings. The van der Waals surface area contributed by atoms with Crippen molar-refractivity contribution in [2.75, 3.05) is 0 Å². The van der Waals surface area contributed by atoms with Gasteiger partial charge in [0.15, 0.2) is 5.82 Å². The zero-order valence-corrected chi connectivity index (χ0v) is 13.7. The monoisotopic (exact) mass is 321 g/mol. The highest BCUT2D eigenvalue weighted by Gasteiger charge is 2.15. The van der Waals surface area contributed by atoms with Gasteiger partial charge in [-0.1, -0.05) is 29.8 Å². The number of carbonyl (C=O) groups is 1. The maximum atomic E-state index is 12.2. The minimum absolute atomic E-state index is 0.0503. The summed E-state index contributed by atoms with van der Waals surface area (Å²) in [5.74, 6) is 1.13. The van der Waals surface area contributed by atoms with Gasteiger partial charge in [0.05, 0.1) is 12.5 Å². The molecule has 0 aliphatic carbocycles. The van der Waals surface area contributed by atoms with Crippen molar-refractivity contribution in [3.8, 4) is 11.4 Å². The van der Waals surface area contributed by atoms with E-state index in [9.17, 15) is 4.79 Å². The zero-order chi connectivity index (χ0) is 16.9. The number of hydrogen-bond acceptors (Lipinski definition) is 4. The average Bonchev–Trinajstić information content (AvgIpc) is 3.08. The molecule has 0 radical (unpaired) electrons.